The Kier molecular flexibility index (Phi) is 7.26. The summed E-state index contributed by atoms with van der Waals surface area (Å²) in [4.78, 5) is 51.1. The summed E-state index contributed by atoms with van der Waals surface area (Å²) in [7, 11) is 0. The average molecular weight is 520 g/mol. The SMILES string of the molecule is CC(C)OC(=O)c1ccc(N2C(=O)C(Cl)=C(Nc3ccc(C(=O)Oc4ccc(N)cc4)cc3)C2=O)cc1. The Bertz CT molecular complexity index is 1400. The highest BCUT2D eigenvalue weighted by Gasteiger charge is 2.39. The lowest BCUT2D eigenvalue weighted by Gasteiger charge is -2.16. The van der Waals surface area contributed by atoms with E-state index >= 15 is 0 Å². The Morgan fingerprint density at radius 1 is 0.838 bits per heavy atom. The molecule has 9 nitrogen and oxygen atoms in total. The van der Waals surface area contributed by atoms with Crippen molar-refractivity contribution < 1.29 is 28.7 Å². The van der Waals surface area contributed by atoms with Crippen molar-refractivity contribution in [1.29, 1.82) is 0 Å². The molecule has 4 rings (SSSR count). The molecule has 37 heavy (non-hydrogen) atoms. The van der Waals surface area contributed by atoms with Gasteiger partial charge in [0.05, 0.1) is 22.9 Å². The number of halogens is 1. The number of carbonyl (C=O) groups excluding carboxylic acids is 4. The van der Waals surface area contributed by atoms with Gasteiger partial charge in [-0.2, -0.15) is 0 Å². The Morgan fingerprint density at radius 3 is 2.00 bits per heavy atom. The smallest absolute Gasteiger partial charge is 0.343 e. The van der Waals surface area contributed by atoms with Crippen LogP contribution < -0.4 is 20.7 Å². The zero-order chi connectivity index (χ0) is 26.7. The number of anilines is 3. The summed E-state index contributed by atoms with van der Waals surface area (Å²) in [5.41, 5.74) is 7.27. The zero-order valence-corrected chi connectivity index (χ0v) is 20.6. The van der Waals surface area contributed by atoms with Crippen molar-refractivity contribution in [3.8, 4) is 5.75 Å². The molecule has 0 aromatic heterocycles. The number of esters is 2. The lowest BCUT2D eigenvalue weighted by Crippen LogP contribution is -2.32. The number of nitrogens with one attached hydrogen (secondary N) is 1. The Labute approximate surface area is 217 Å². The van der Waals surface area contributed by atoms with E-state index in [9.17, 15) is 19.2 Å². The quantitative estimate of drug-likeness (QED) is 0.202. The monoisotopic (exact) mass is 519 g/mol. The number of ether oxygens (including phenoxy) is 2. The van der Waals surface area contributed by atoms with Crippen LogP contribution in [0.5, 0.6) is 5.75 Å². The first kappa shape index (κ1) is 25.5. The summed E-state index contributed by atoms with van der Waals surface area (Å²) < 4.78 is 10.4. The molecule has 188 valence electrons. The topological polar surface area (TPSA) is 128 Å². The van der Waals surface area contributed by atoms with Crippen molar-refractivity contribution in [2.45, 2.75) is 20.0 Å². The number of nitrogens with zero attached hydrogens (tertiary/aromatic N) is 1. The third kappa shape index (κ3) is 5.62. The molecule has 0 atom stereocenters. The summed E-state index contributed by atoms with van der Waals surface area (Å²) in [6, 6.07) is 18.3. The van der Waals surface area contributed by atoms with Gasteiger partial charge >= 0.3 is 11.9 Å². The van der Waals surface area contributed by atoms with Gasteiger partial charge in [-0.25, -0.2) is 14.5 Å². The fourth-order valence-electron chi connectivity index (χ4n) is 3.41. The first-order valence-electron chi connectivity index (χ1n) is 11.2. The predicted octanol–water partition coefficient (Wildman–Crippen LogP) is 4.49. The second kappa shape index (κ2) is 10.5. The van der Waals surface area contributed by atoms with E-state index in [0.717, 1.165) is 4.90 Å². The number of carbonyl (C=O) groups is 4. The molecule has 0 saturated carbocycles. The van der Waals surface area contributed by atoms with Crippen LogP contribution in [0.4, 0.5) is 17.1 Å². The normalized spacial score (nSPS) is 13.2. The van der Waals surface area contributed by atoms with Crippen LogP contribution in [0.1, 0.15) is 34.6 Å². The summed E-state index contributed by atoms with van der Waals surface area (Å²) in [6.07, 6.45) is -0.283. The number of hydrogen-bond donors (Lipinski definition) is 2. The molecule has 0 fully saturated rings. The second-order valence-corrected chi connectivity index (χ2v) is 8.67. The first-order valence-corrected chi connectivity index (χ1v) is 11.6. The number of nitrogens with two attached hydrogens (primary N) is 1. The van der Waals surface area contributed by atoms with Gasteiger partial charge in [0.15, 0.2) is 0 Å². The number of rotatable bonds is 7. The fraction of sp³-hybridized carbons (Fsp3) is 0.111. The molecule has 0 aliphatic carbocycles. The maximum absolute atomic E-state index is 13.0. The summed E-state index contributed by atoms with van der Waals surface area (Å²) in [6.45, 7) is 3.47. The highest BCUT2D eigenvalue weighted by Crippen LogP contribution is 2.30. The Hall–Kier alpha value is -4.63. The summed E-state index contributed by atoms with van der Waals surface area (Å²) in [5.74, 6) is -2.12. The highest BCUT2D eigenvalue weighted by atomic mass is 35.5. The molecule has 0 unspecified atom stereocenters. The van der Waals surface area contributed by atoms with Crippen molar-refractivity contribution >= 4 is 52.4 Å². The van der Waals surface area contributed by atoms with Gasteiger partial charge in [-0.15, -0.1) is 0 Å². The molecule has 3 N–H and O–H groups in total. The number of benzene rings is 3. The Morgan fingerprint density at radius 2 is 1.41 bits per heavy atom. The van der Waals surface area contributed by atoms with E-state index in [4.69, 9.17) is 26.8 Å². The third-order valence-corrected chi connectivity index (χ3v) is 5.56. The minimum Gasteiger partial charge on any atom is -0.459 e. The van der Waals surface area contributed by atoms with Gasteiger partial charge in [0.25, 0.3) is 11.8 Å². The largest absolute Gasteiger partial charge is 0.459 e. The average Bonchev–Trinajstić information content (AvgIpc) is 3.08. The molecular formula is C27H22ClN3O6. The lowest BCUT2D eigenvalue weighted by atomic mass is 10.2. The van der Waals surface area contributed by atoms with Gasteiger partial charge in [-0.1, -0.05) is 11.6 Å². The van der Waals surface area contributed by atoms with Gasteiger partial charge in [0.2, 0.25) is 0 Å². The molecule has 1 aliphatic rings. The van der Waals surface area contributed by atoms with Crippen LogP contribution in [0.25, 0.3) is 0 Å². The first-order chi connectivity index (χ1) is 17.6. The maximum Gasteiger partial charge on any atom is 0.343 e. The number of amides is 2. The molecule has 2 amide bonds. The minimum absolute atomic E-state index is 0.118. The van der Waals surface area contributed by atoms with Gasteiger partial charge in [0.1, 0.15) is 16.5 Å². The van der Waals surface area contributed by atoms with Crippen LogP contribution >= 0.6 is 11.6 Å². The van der Waals surface area contributed by atoms with Crippen LogP contribution in [0.15, 0.2) is 83.5 Å². The van der Waals surface area contributed by atoms with E-state index in [0.29, 0.717) is 17.1 Å². The van der Waals surface area contributed by atoms with Gasteiger partial charge in [-0.05, 0) is 86.6 Å². The van der Waals surface area contributed by atoms with Gasteiger partial charge in [-0.3, -0.25) is 9.59 Å². The fourth-order valence-corrected chi connectivity index (χ4v) is 3.62. The molecule has 0 saturated heterocycles. The molecule has 1 aliphatic heterocycles. The summed E-state index contributed by atoms with van der Waals surface area (Å²) >= 11 is 6.19. The summed E-state index contributed by atoms with van der Waals surface area (Å²) in [5, 5.41) is 2.55. The molecule has 0 bridgehead atoms. The molecule has 3 aromatic rings. The van der Waals surface area contributed by atoms with Crippen LogP contribution in [0.3, 0.4) is 0 Å². The van der Waals surface area contributed by atoms with E-state index in [1.807, 2.05) is 0 Å². The third-order valence-electron chi connectivity index (χ3n) is 5.21. The van der Waals surface area contributed by atoms with E-state index in [1.54, 1.807) is 50.2 Å². The number of hydrogen-bond acceptors (Lipinski definition) is 8. The lowest BCUT2D eigenvalue weighted by molar-refractivity contribution is -0.120. The van der Waals surface area contributed by atoms with Crippen LogP contribution in [-0.2, 0) is 14.3 Å². The molecule has 1 heterocycles. The Balaban J connectivity index is 1.44. The molecule has 0 radical (unpaired) electrons. The van der Waals surface area contributed by atoms with Crippen molar-refractivity contribution in [2.24, 2.45) is 0 Å². The molecule has 0 spiro atoms. The number of nitrogen functional groups attached to an aromatic ring is 1. The predicted molar refractivity (Wildman–Crippen MR) is 138 cm³/mol. The van der Waals surface area contributed by atoms with E-state index in [1.165, 1.54) is 36.4 Å². The molecule has 10 heteroatoms. The zero-order valence-electron chi connectivity index (χ0n) is 19.9. The van der Waals surface area contributed by atoms with E-state index in [2.05, 4.69) is 5.32 Å². The standard InChI is InChI=1S/C27H22ClN3O6/c1-15(2)36-26(34)17-5-11-20(12-6-17)31-24(32)22(28)23(25(31)33)30-19-9-3-16(4-10-19)27(35)37-21-13-7-18(29)8-14-21/h3-15,30H,29H2,1-2H3. The minimum atomic E-state index is -0.713. The van der Waals surface area contributed by atoms with Crippen molar-refractivity contribution in [3.63, 3.8) is 0 Å². The molecule has 3 aromatic carbocycles. The van der Waals surface area contributed by atoms with Crippen molar-refractivity contribution in [2.75, 3.05) is 16.0 Å². The van der Waals surface area contributed by atoms with Gasteiger partial charge in [0, 0.05) is 11.4 Å². The maximum atomic E-state index is 13.0. The van der Waals surface area contributed by atoms with Gasteiger partial charge < -0.3 is 20.5 Å². The van der Waals surface area contributed by atoms with Crippen LogP contribution in [0.2, 0.25) is 0 Å². The van der Waals surface area contributed by atoms with Crippen LogP contribution in [-0.4, -0.2) is 29.9 Å². The number of imide groups is 1. The second-order valence-electron chi connectivity index (χ2n) is 8.30. The van der Waals surface area contributed by atoms with Crippen LogP contribution in [0, 0.1) is 0 Å². The van der Waals surface area contributed by atoms with Crippen molar-refractivity contribution in [3.05, 3.63) is 94.7 Å². The van der Waals surface area contributed by atoms with E-state index < -0.39 is 23.8 Å². The molecular weight excluding hydrogens is 498 g/mol. The highest BCUT2D eigenvalue weighted by molar-refractivity contribution is 6.53. The van der Waals surface area contributed by atoms with E-state index in [-0.39, 0.29) is 33.6 Å². The van der Waals surface area contributed by atoms with Crippen molar-refractivity contribution in [1.82, 2.24) is 0 Å².